The average molecular weight is 358 g/mol. The van der Waals surface area contributed by atoms with Crippen LogP contribution in [0, 0.1) is 6.92 Å². The summed E-state index contributed by atoms with van der Waals surface area (Å²) in [6.07, 6.45) is 5.80. The fraction of sp³-hybridized carbons (Fsp3) is 0.812. The Kier molecular flexibility index (Phi) is 5.86. The van der Waals surface area contributed by atoms with E-state index in [-0.39, 0.29) is 5.60 Å². The van der Waals surface area contributed by atoms with Crippen molar-refractivity contribution in [2.75, 3.05) is 13.7 Å². The number of likely N-dealkylation sites (N-methyl/N-ethyl adjacent to an activating group) is 1. The Morgan fingerprint density at radius 2 is 2.05 bits per heavy atom. The van der Waals surface area contributed by atoms with Gasteiger partial charge >= 0.3 is 0 Å². The molecule has 1 unspecified atom stereocenters. The van der Waals surface area contributed by atoms with E-state index in [9.17, 15) is 0 Å². The molecule has 1 heterocycles. The molecule has 1 N–H and O–H groups in total. The normalized spacial score (nSPS) is 19.1. The first-order valence-corrected chi connectivity index (χ1v) is 8.90. The van der Waals surface area contributed by atoms with Crippen LogP contribution in [0.25, 0.3) is 0 Å². The van der Waals surface area contributed by atoms with Gasteiger partial charge in [-0.1, -0.05) is 12.8 Å². The lowest BCUT2D eigenvalue weighted by Gasteiger charge is -2.37. The SMILES string of the molecule is CCOC1(C(Cc2c(Br)c(C)nn2CC)NC)CCCC1. The van der Waals surface area contributed by atoms with Gasteiger partial charge in [-0.3, -0.25) is 4.68 Å². The van der Waals surface area contributed by atoms with Crippen LogP contribution < -0.4 is 5.32 Å². The lowest BCUT2D eigenvalue weighted by molar-refractivity contribution is -0.0600. The molecule has 0 amide bonds. The van der Waals surface area contributed by atoms with Gasteiger partial charge in [-0.15, -0.1) is 0 Å². The summed E-state index contributed by atoms with van der Waals surface area (Å²) in [4.78, 5) is 0. The van der Waals surface area contributed by atoms with E-state index in [0.29, 0.717) is 6.04 Å². The van der Waals surface area contributed by atoms with Crippen molar-refractivity contribution in [2.45, 2.75) is 71.1 Å². The number of rotatable bonds is 7. The molecule has 1 fully saturated rings. The average Bonchev–Trinajstić information content (AvgIpc) is 3.04. The second kappa shape index (κ2) is 7.25. The first-order chi connectivity index (χ1) is 10.1. The topological polar surface area (TPSA) is 39.1 Å². The summed E-state index contributed by atoms with van der Waals surface area (Å²) in [5.74, 6) is 0. The number of hydrogen-bond donors (Lipinski definition) is 1. The van der Waals surface area contributed by atoms with Crippen molar-refractivity contribution in [3.8, 4) is 0 Å². The molecule has 0 spiro atoms. The van der Waals surface area contributed by atoms with E-state index in [4.69, 9.17) is 4.74 Å². The van der Waals surface area contributed by atoms with E-state index in [1.165, 1.54) is 18.5 Å². The van der Waals surface area contributed by atoms with Gasteiger partial charge in [0, 0.05) is 25.6 Å². The van der Waals surface area contributed by atoms with E-state index in [0.717, 1.165) is 42.6 Å². The van der Waals surface area contributed by atoms with Crippen molar-refractivity contribution in [1.29, 1.82) is 0 Å². The van der Waals surface area contributed by atoms with Crippen LogP contribution in [0.15, 0.2) is 4.47 Å². The zero-order valence-electron chi connectivity index (χ0n) is 13.7. The van der Waals surface area contributed by atoms with E-state index >= 15 is 0 Å². The summed E-state index contributed by atoms with van der Waals surface area (Å²) in [5, 5.41) is 8.13. The Balaban J connectivity index is 2.26. The summed E-state index contributed by atoms with van der Waals surface area (Å²) in [6, 6.07) is 0.331. The van der Waals surface area contributed by atoms with Gasteiger partial charge in [-0.2, -0.15) is 5.10 Å². The van der Waals surface area contributed by atoms with Crippen LogP contribution in [0.3, 0.4) is 0 Å². The zero-order valence-corrected chi connectivity index (χ0v) is 15.3. The highest BCUT2D eigenvalue weighted by atomic mass is 79.9. The van der Waals surface area contributed by atoms with Crippen LogP contribution in [-0.2, 0) is 17.7 Å². The maximum Gasteiger partial charge on any atom is 0.0838 e. The lowest BCUT2D eigenvalue weighted by atomic mass is 9.88. The monoisotopic (exact) mass is 357 g/mol. The molecular weight excluding hydrogens is 330 g/mol. The molecule has 1 aromatic heterocycles. The first-order valence-electron chi connectivity index (χ1n) is 8.11. The molecule has 0 bridgehead atoms. The van der Waals surface area contributed by atoms with E-state index in [1.54, 1.807) is 0 Å². The third kappa shape index (κ3) is 3.35. The number of hydrogen-bond acceptors (Lipinski definition) is 3. The third-order valence-electron chi connectivity index (χ3n) is 4.72. The van der Waals surface area contributed by atoms with Crippen molar-refractivity contribution in [3.63, 3.8) is 0 Å². The molecule has 2 rings (SSSR count). The second-order valence-electron chi connectivity index (χ2n) is 5.91. The smallest absolute Gasteiger partial charge is 0.0838 e. The minimum Gasteiger partial charge on any atom is -0.374 e. The van der Waals surface area contributed by atoms with E-state index in [1.807, 2.05) is 0 Å². The fourth-order valence-corrected chi connectivity index (χ4v) is 4.11. The van der Waals surface area contributed by atoms with Crippen LogP contribution >= 0.6 is 15.9 Å². The third-order valence-corrected chi connectivity index (χ3v) is 5.75. The predicted octanol–water partition coefficient (Wildman–Crippen LogP) is 3.45. The first kappa shape index (κ1) is 17.0. The number of ether oxygens (including phenoxy) is 1. The molecular formula is C16H28BrN3O. The fourth-order valence-electron chi connectivity index (χ4n) is 3.66. The van der Waals surface area contributed by atoms with Crippen molar-refractivity contribution in [3.05, 3.63) is 15.9 Å². The highest BCUT2D eigenvalue weighted by Gasteiger charge is 2.42. The maximum atomic E-state index is 6.23. The molecule has 1 atom stereocenters. The Morgan fingerprint density at radius 3 is 2.57 bits per heavy atom. The van der Waals surface area contributed by atoms with Gasteiger partial charge < -0.3 is 10.1 Å². The largest absolute Gasteiger partial charge is 0.374 e. The molecule has 0 radical (unpaired) electrons. The van der Waals surface area contributed by atoms with Crippen LogP contribution in [0.4, 0.5) is 0 Å². The maximum absolute atomic E-state index is 6.23. The molecule has 1 aliphatic rings. The molecule has 0 saturated heterocycles. The zero-order chi connectivity index (χ0) is 15.5. The lowest BCUT2D eigenvalue weighted by Crippen LogP contribution is -2.51. The molecule has 4 nitrogen and oxygen atoms in total. The van der Waals surface area contributed by atoms with Gasteiger partial charge in [0.15, 0.2) is 0 Å². The van der Waals surface area contributed by atoms with Crippen molar-refractivity contribution >= 4 is 15.9 Å². The van der Waals surface area contributed by atoms with Crippen LogP contribution in [0.2, 0.25) is 0 Å². The van der Waals surface area contributed by atoms with Gasteiger partial charge in [-0.05, 0) is 56.6 Å². The van der Waals surface area contributed by atoms with Crippen LogP contribution in [0.1, 0.15) is 50.9 Å². The Hall–Kier alpha value is -0.390. The Morgan fingerprint density at radius 1 is 1.38 bits per heavy atom. The van der Waals surface area contributed by atoms with Gasteiger partial charge in [0.2, 0.25) is 0 Å². The Labute approximate surface area is 136 Å². The van der Waals surface area contributed by atoms with Crippen molar-refractivity contribution in [2.24, 2.45) is 0 Å². The minimum absolute atomic E-state index is 0.0142. The summed E-state index contributed by atoms with van der Waals surface area (Å²) in [7, 11) is 2.05. The van der Waals surface area contributed by atoms with Gasteiger partial charge in [0.25, 0.3) is 0 Å². The number of nitrogens with one attached hydrogen (secondary N) is 1. The minimum atomic E-state index is -0.0142. The molecule has 1 saturated carbocycles. The standard InChI is InChI=1S/C16H28BrN3O/c1-5-20-13(15(17)12(3)19-20)11-14(18-4)16(21-6-2)9-7-8-10-16/h14,18H,5-11H2,1-4H3. The van der Waals surface area contributed by atoms with Crippen LogP contribution in [-0.4, -0.2) is 35.1 Å². The quantitative estimate of drug-likeness (QED) is 0.811. The molecule has 5 heteroatoms. The highest BCUT2D eigenvalue weighted by molar-refractivity contribution is 9.10. The van der Waals surface area contributed by atoms with Gasteiger partial charge in [0.05, 0.1) is 21.5 Å². The molecule has 1 aliphatic carbocycles. The molecule has 120 valence electrons. The summed E-state index contributed by atoms with van der Waals surface area (Å²) in [6.45, 7) is 7.99. The summed E-state index contributed by atoms with van der Waals surface area (Å²) < 4.78 is 9.49. The highest BCUT2D eigenvalue weighted by Crippen LogP contribution is 2.38. The number of nitrogens with zero attached hydrogens (tertiary/aromatic N) is 2. The Bertz CT molecular complexity index is 466. The summed E-state index contributed by atoms with van der Waals surface area (Å²) >= 11 is 3.71. The van der Waals surface area contributed by atoms with E-state index in [2.05, 4.69) is 58.8 Å². The molecule has 0 aliphatic heterocycles. The molecule has 1 aromatic rings. The molecule has 21 heavy (non-hydrogen) atoms. The number of aryl methyl sites for hydroxylation is 2. The summed E-state index contributed by atoms with van der Waals surface area (Å²) in [5.41, 5.74) is 2.33. The van der Waals surface area contributed by atoms with Gasteiger partial charge in [-0.25, -0.2) is 0 Å². The van der Waals surface area contributed by atoms with Crippen molar-refractivity contribution in [1.82, 2.24) is 15.1 Å². The second-order valence-corrected chi connectivity index (χ2v) is 6.71. The van der Waals surface area contributed by atoms with E-state index < -0.39 is 0 Å². The van der Waals surface area contributed by atoms with Crippen LogP contribution in [0.5, 0.6) is 0 Å². The van der Waals surface area contributed by atoms with Gasteiger partial charge in [0.1, 0.15) is 0 Å². The predicted molar refractivity (Wildman–Crippen MR) is 89.7 cm³/mol. The molecule has 0 aromatic carbocycles. The number of aromatic nitrogens is 2. The van der Waals surface area contributed by atoms with Crippen molar-refractivity contribution < 1.29 is 4.74 Å². The number of halogens is 1.